The third-order valence-electron chi connectivity index (χ3n) is 4.02. The third-order valence-corrected chi connectivity index (χ3v) is 4.02. The lowest BCUT2D eigenvalue weighted by Crippen LogP contribution is -2.39. The number of carbonyl (C=O) groups is 1. The van der Waals surface area contributed by atoms with Gasteiger partial charge in [-0.1, -0.05) is 26.2 Å². The summed E-state index contributed by atoms with van der Waals surface area (Å²) in [7, 11) is 0. The van der Waals surface area contributed by atoms with Crippen LogP contribution in [0.15, 0.2) is 12.1 Å². The van der Waals surface area contributed by atoms with Gasteiger partial charge in [0.2, 0.25) is 0 Å². The maximum Gasteiger partial charge on any atom is 0.253 e. The number of amides is 1. The fraction of sp³-hybridized carbons (Fsp3) is 0.533. The molecule has 0 aliphatic heterocycles. The summed E-state index contributed by atoms with van der Waals surface area (Å²) in [5, 5.41) is 2.90. The molecule has 3 nitrogen and oxygen atoms in total. The van der Waals surface area contributed by atoms with Gasteiger partial charge in [0, 0.05) is 17.8 Å². The van der Waals surface area contributed by atoms with E-state index in [4.69, 9.17) is 5.73 Å². The molecule has 20 heavy (non-hydrogen) atoms. The number of anilines is 1. The largest absolute Gasteiger partial charge is 0.398 e. The summed E-state index contributed by atoms with van der Waals surface area (Å²) in [6.07, 6.45) is 5.39. The Morgan fingerprint density at radius 3 is 2.60 bits per heavy atom. The second-order valence-corrected chi connectivity index (χ2v) is 5.55. The molecule has 0 bridgehead atoms. The van der Waals surface area contributed by atoms with Crippen LogP contribution in [0, 0.1) is 17.6 Å². The Bertz CT molecular complexity index is 505. The van der Waals surface area contributed by atoms with Gasteiger partial charge in [-0.05, 0) is 24.8 Å². The van der Waals surface area contributed by atoms with Gasteiger partial charge in [0.05, 0.1) is 5.56 Å². The minimum Gasteiger partial charge on any atom is -0.398 e. The number of carbonyl (C=O) groups excluding carboxylic acids is 1. The smallest absolute Gasteiger partial charge is 0.253 e. The number of nitrogen functional groups attached to an aromatic ring is 1. The lowest BCUT2D eigenvalue weighted by Gasteiger charge is -2.23. The highest BCUT2D eigenvalue weighted by molar-refractivity contribution is 5.99. The van der Waals surface area contributed by atoms with Crippen molar-refractivity contribution in [3.05, 3.63) is 29.3 Å². The molecule has 0 spiro atoms. The van der Waals surface area contributed by atoms with Crippen LogP contribution < -0.4 is 11.1 Å². The molecule has 1 aromatic carbocycles. The molecule has 5 heteroatoms. The number of halogens is 2. The Morgan fingerprint density at radius 2 is 1.85 bits per heavy atom. The van der Waals surface area contributed by atoms with E-state index in [9.17, 15) is 13.6 Å². The highest BCUT2D eigenvalue weighted by Gasteiger charge is 2.23. The van der Waals surface area contributed by atoms with Crippen LogP contribution >= 0.6 is 0 Å². The number of benzene rings is 1. The first-order valence-corrected chi connectivity index (χ1v) is 7.04. The Balaban J connectivity index is 2.13. The fourth-order valence-corrected chi connectivity index (χ4v) is 2.71. The zero-order chi connectivity index (χ0) is 14.7. The van der Waals surface area contributed by atoms with E-state index in [1.807, 2.05) is 0 Å². The van der Waals surface area contributed by atoms with E-state index in [0.717, 1.165) is 31.4 Å². The van der Waals surface area contributed by atoms with Gasteiger partial charge in [-0.15, -0.1) is 0 Å². The number of hydrogen-bond donors (Lipinski definition) is 2. The SMILES string of the molecule is CC1CCCCCC1NC(=O)c1cc(F)c(F)cc1N. The molecule has 1 aliphatic rings. The second kappa shape index (κ2) is 6.20. The van der Waals surface area contributed by atoms with Crippen molar-refractivity contribution in [1.82, 2.24) is 5.32 Å². The van der Waals surface area contributed by atoms with Crippen LogP contribution in [0.1, 0.15) is 49.4 Å². The molecule has 1 saturated carbocycles. The van der Waals surface area contributed by atoms with E-state index in [0.29, 0.717) is 5.92 Å². The van der Waals surface area contributed by atoms with Crippen molar-refractivity contribution >= 4 is 11.6 Å². The predicted octanol–water partition coefficient (Wildman–Crippen LogP) is 3.25. The van der Waals surface area contributed by atoms with Crippen LogP contribution in [0.5, 0.6) is 0 Å². The van der Waals surface area contributed by atoms with E-state index in [1.165, 1.54) is 12.8 Å². The van der Waals surface area contributed by atoms with Gasteiger partial charge in [-0.25, -0.2) is 8.78 Å². The van der Waals surface area contributed by atoms with E-state index in [1.54, 1.807) is 0 Å². The molecular formula is C15H20F2N2O. The first-order chi connectivity index (χ1) is 9.49. The van der Waals surface area contributed by atoms with Crippen molar-refractivity contribution in [2.75, 3.05) is 5.73 Å². The summed E-state index contributed by atoms with van der Waals surface area (Å²) in [5.74, 6) is -2.15. The van der Waals surface area contributed by atoms with Crippen LogP contribution in [-0.2, 0) is 0 Å². The van der Waals surface area contributed by atoms with Crippen molar-refractivity contribution in [2.24, 2.45) is 5.92 Å². The fourth-order valence-electron chi connectivity index (χ4n) is 2.71. The lowest BCUT2D eigenvalue weighted by molar-refractivity contribution is 0.0922. The van der Waals surface area contributed by atoms with E-state index < -0.39 is 17.5 Å². The number of nitrogens with two attached hydrogens (primary N) is 1. The van der Waals surface area contributed by atoms with E-state index >= 15 is 0 Å². The van der Waals surface area contributed by atoms with Gasteiger partial charge in [0.1, 0.15) is 0 Å². The highest BCUT2D eigenvalue weighted by Crippen LogP contribution is 2.24. The molecule has 1 fully saturated rings. The summed E-state index contributed by atoms with van der Waals surface area (Å²) in [4.78, 5) is 12.2. The second-order valence-electron chi connectivity index (χ2n) is 5.55. The molecule has 2 unspecified atom stereocenters. The molecule has 1 aliphatic carbocycles. The summed E-state index contributed by atoms with van der Waals surface area (Å²) in [6.45, 7) is 2.10. The van der Waals surface area contributed by atoms with Crippen LogP contribution in [-0.4, -0.2) is 11.9 Å². The van der Waals surface area contributed by atoms with E-state index in [2.05, 4.69) is 12.2 Å². The summed E-state index contributed by atoms with van der Waals surface area (Å²) in [5.41, 5.74) is 5.56. The van der Waals surface area contributed by atoms with Gasteiger partial charge < -0.3 is 11.1 Å². The van der Waals surface area contributed by atoms with Gasteiger partial charge >= 0.3 is 0 Å². The Morgan fingerprint density at radius 1 is 1.20 bits per heavy atom. The summed E-state index contributed by atoms with van der Waals surface area (Å²) >= 11 is 0. The Hall–Kier alpha value is -1.65. The number of nitrogens with one attached hydrogen (secondary N) is 1. The highest BCUT2D eigenvalue weighted by atomic mass is 19.2. The molecule has 3 N–H and O–H groups in total. The van der Waals surface area contributed by atoms with Crippen molar-refractivity contribution < 1.29 is 13.6 Å². The van der Waals surface area contributed by atoms with Crippen LogP contribution in [0.25, 0.3) is 0 Å². The first kappa shape index (κ1) is 14.8. The average molecular weight is 282 g/mol. The molecule has 0 heterocycles. The first-order valence-electron chi connectivity index (χ1n) is 7.04. The standard InChI is InChI=1S/C15H20F2N2O/c1-9-5-3-2-4-6-14(9)19-15(20)10-7-11(16)12(17)8-13(10)18/h7-9,14H,2-6,18H2,1H3,(H,19,20). The van der Waals surface area contributed by atoms with Crippen LogP contribution in [0.2, 0.25) is 0 Å². The molecule has 1 amide bonds. The van der Waals surface area contributed by atoms with Crippen molar-refractivity contribution in [1.29, 1.82) is 0 Å². The molecule has 0 aromatic heterocycles. The van der Waals surface area contributed by atoms with Crippen molar-refractivity contribution in [3.63, 3.8) is 0 Å². The Kier molecular flexibility index (Phi) is 4.57. The zero-order valence-corrected chi connectivity index (χ0v) is 11.6. The van der Waals surface area contributed by atoms with Crippen LogP contribution in [0.3, 0.4) is 0 Å². The molecule has 2 rings (SSSR count). The molecule has 110 valence electrons. The normalized spacial score (nSPS) is 23.1. The topological polar surface area (TPSA) is 55.1 Å². The summed E-state index contributed by atoms with van der Waals surface area (Å²) in [6, 6.07) is 1.78. The molecular weight excluding hydrogens is 262 g/mol. The molecule has 0 radical (unpaired) electrons. The van der Waals surface area contributed by atoms with Crippen molar-refractivity contribution in [2.45, 2.75) is 45.1 Å². The maximum absolute atomic E-state index is 13.2. The van der Waals surface area contributed by atoms with Crippen LogP contribution in [0.4, 0.5) is 14.5 Å². The van der Waals surface area contributed by atoms with Gasteiger partial charge in [-0.3, -0.25) is 4.79 Å². The van der Waals surface area contributed by atoms with Gasteiger partial charge in [-0.2, -0.15) is 0 Å². The van der Waals surface area contributed by atoms with Gasteiger partial charge in [0.15, 0.2) is 11.6 Å². The maximum atomic E-state index is 13.2. The van der Waals surface area contributed by atoms with Gasteiger partial charge in [0.25, 0.3) is 5.91 Å². The zero-order valence-electron chi connectivity index (χ0n) is 11.6. The number of rotatable bonds is 2. The minimum absolute atomic E-state index is 0.000321. The molecule has 0 saturated heterocycles. The third kappa shape index (κ3) is 3.26. The minimum atomic E-state index is -1.06. The quantitative estimate of drug-likeness (QED) is 0.646. The predicted molar refractivity (Wildman–Crippen MR) is 74.3 cm³/mol. The van der Waals surface area contributed by atoms with E-state index in [-0.39, 0.29) is 17.3 Å². The molecule has 2 atom stereocenters. The average Bonchev–Trinajstić information content (AvgIpc) is 2.59. The van der Waals surface area contributed by atoms with Crippen molar-refractivity contribution in [3.8, 4) is 0 Å². The lowest BCUT2D eigenvalue weighted by atomic mass is 9.96. The summed E-state index contributed by atoms with van der Waals surface area (Å²) < 4.78 is 26.2. The molecule has 1 aromatic rings. The number of hydrogen-bond acceptors (Lipinski definition) is 2. The monoisotopic (exact) mass is 282 g/mol. The Labute approximate surface area is 117 Å².